The molecule has 0 spiro atoms. The summed E-state index contributed by atoms with van der Waals surface area (Å²) in [5, 5.41) is 15.7. The van der Waals surface area contributed by atoms with Gasteiger partial charge < -0.3 is 20.3 Å². The summed E-state index contributed by atoms with van der Waals surface area (Å²) in [5.74, 6) is -0.0459. The number of ether oxygens (including phenoxy) is 1. The van der Waals surface area contributed by atoms with Crippen molar-refractivity contribution < 1.29 is 14.3 Å². The molecule has 2 aromatic rings. The number of carbonyl (C=O) groups is 2. The van der Waals surface area contributed by atoms with E-state index in [2.05, 4.69) is 21.6 Å². The van der Waals surface area contributed by atoms with E-state index in [1.807, 2.05) is 49.4 Å². The summed E-state index contributed by atoms with van der Waals surface area (Å²) >= 11 is 0. The number of hydrogen-bond donors (Lipinski definition) is 2. The lowest BCUT2D eigenvalue weighted by Crippen LogP contribution is -2.40. The van der Waals surface area contributed by atoms with Crippen LogP contribution in [0.1, 0.15) is 43.2 Å². The molecule has 7 nitrogen and oxygen atoms in total. The highest BCUT2D eigenvalue weighted by atomic mass is 16.5. The number of amides is 2. The van der Waals surface area contributed by atoms with Crippen LogP contribution >= 0.6 is 0 Å². The molecule has 0 saturated carbocycles. The van der Waals surface area contributed by atoms with Gasteiger partial charge in [-0.2, -0.15) is 5.26 Å². The van der Waals surface area contributed by atoms with Crippen molar-refractivity contribution in [2.75, 3.05) is 43.1 Å². The zero-order chi connectivity index (χ0) is 23.9. The van der Waals surface area contributed by atoms with Crippen LogP contribution in [0.15, 0.2) is 48.5 Å². The van der Waals surface area contributed by atoms with Crippen molar-refractivity contribution in [1.29, 1.82) is 5.26 Å². The molecule has 2 saturated heterocycles. The fourth-order valence-electron chi connectivity index (χ4n) is 5.02. The molecule has 2 atom stereocenters. The number of hydrogen-bond acceptors (Lipinski definition) is 5. The van der Waals surface area contributed by atoms with Crippen LogP contribution < -0.4 is 15.5 Å². The minimum atomic E-state index is -0.170. The van der Waals surface area contributed by atoms with Gasteiger partial charge in [0.1, 0.15) is 6.07 Å². The van der Waals surface area contributed by atoms with Gasteiger partial charge in [-0.05, 0) is 55.9 Å². The van der Waals surface area contributed by atoms with Crippen LogP contribution in [-0.4, -0.2) is 44.7 Å². The average Bonchev–Trinajstić information content (AvgIpc) is 3.41. The van der Waals surface area contributed by atoms with Crippen LogP contribution in [0.2, 0.25) is 0 Å². The second kappa shape index (κ2) is 11.2. The second-order valence-corrected chi connectivity index (χ2v) is 9.00. The van der Waals surface area contributed by atoms with Crippen molar-refractivity contribution in [3.05, 3.63) is 59.7 Å². The van der Waals surface area contributed by atoms with Crippen molar-refractivity contribution in [3.8, 4) is 6.07 Å². The minimum absolute atomic E-state index is 0.0627. The van der Waals surface area contributed by atoms with Gasteiger partial charge in [0.2, 0.25) is 11.8 Å². The number of likely N-dealkylation sites (N-methyl/N-ethyl adjacent to an activating group) is 1. The molecular weight excluding hydrogens is 428 g/mol. The zero-order valence-corrected chi connectivity index (χ0v) is 19.6. The molecule has 0 aliphatic carbocycles. The first kappa shape index (κ1) is 23.8. The molecule has 0 bridgehead atoms. The van der Waals surface area contributed by atoms with E-state index in [-0.39, 0.29) is 29.6 Å². The van der Waals surface area contributed by atoms with E-state index in [0.717, 1.165) is 43.6 Å². The van der Waals surface area contributed by atoms with Gasteiger partial charge in [-0.25, -0.2) is 0 Å². The van der Waals surface area contributed by atoms with E-state index in [4.69, 9.17) is 4.74 Å². The van der Waals surface area contributed by atoms with Crippen molar-refractivity contribution in [1.82, 2.24) is 5.32 Å². The first-order chi connectivity index (χ1) is 16.6. The highest BCUT2D eigenvalue weighted by Crippen LogP contribution is 2.35. The average molecular weight is 461 g/mol. The standard InChI is InChI=1S/C27H32N4O3/c1-2-29-27(33)25(19-6-4-3-5-7-19)20-10-13-31(14-11-20)24-9-8-23(16-22(24)17-28)30-26(32)21-12-15-34-18-21/h3-9,16,20-21,25H,2,10-15,18H2,1H3,(H,29,33)(H,30,32)/t21-,25?/m1/s1. The predicted octanol–water partition coefficient (Wildman–Crippen LogP) is 3.67. The highest BCUT2D eigenvalue weighted by Gasteiger charge is 2.33. The van der Waals surface area contributed by atoms with E-state index in [0.29, 0.717) is 31.0 Å². The van der Waals surface area contributed by atoms with Crippen LogP contribution in [0.25, 0.3) is 0 Å². The Bertz CT molecular complexity index is 1040. The number of nitrogens with zero attached hydrogens (tertiary/aromatic N) is 2. The lowest BCUT2D eigenvalue weighted by atomic mass is 9.79. The van der Waals surface area contributed by atoms with Crippen molar-refractivity contribution in [2.24, 2.45) is 11.8 Å². The van der Waals surface area contributed by atoms with E-state index >= 15 is 0 Å². The normalized spacial score (nSPS) is 19.3. The minimum Gasteiger partial charge on any atom is -0.381 e. The summed E-state index contributed by atoms with van der Waals surface area (Å²) in [7, 11) is 0. The number of nitriles is 1. The summed E-state index contributed by atoms with van der Waals surface area (Å²) in [6.07, 6.45) is 2.45. The molecule has 4 rings (SSSR count). The zero-order valence-electron chi connectivity index (χ0n) is 19.6. The largest absolute Gasteiger partial charge is 0.381 e. The summed E-state index contributed by atoms with van der Waals surface area (Å²) in [4.78, 5) is 27.5. The van der Waals surface area contributed by atoms with Gasteiger partial charge in [0.05, 0.1) is 29.7 Å². The molecule has 2 aliphatic heterocycles. The molecule has 2 amide bonds. The predicted molar refractivity (Wildman–Crippen MR) is 132 cm³/mol. The Labute approximate surface area is 201 Å². The molecular formula is C27H32N4O3. The van der Waals surface area contributed by atoms with E-state index < -0.39 is 0 Å². The number of carbonyl (C=O) groups excluding carboxylic acids is 2. The van der Waals surface area contributed by atoms with Gasteiger partial charge in [-0.3, -0.25) is 9.59 Å². The Balaban J connectivity index is 1.44. The monoisotopic (exact) mass is 460 g/mol. The summed E-state index contributed by atoms with van der Waals surface area (Å²) in [6.45, 7) is 5.16. The van der Waals surface area contributed by atoms with E-state index in [1.54, 1.807) is 6.07 Å². The first-order valence-electron chi connectivity index (χ1n) is 12.1. The second-order valence-electron chi connectivity index (χ2n) is 9.00. The van der Waals surface area contributed by atoms with Crippen molar-refractivity contribution in [2.45, 2.75) is 32.1 Å². The van der Waals surface area contributed by atoms with Crippen LogP contribution in [0.5, 0.6) is 0 Å². The maximum absolute atomic E-state index is 12.9. The van der Waals surface area contributed by atoms with Gasteiger partial charge in [-0.1, -0.05) is 30.3 Å². The fourth-order valence-corrected chi connectivity index (χ4v) is 5.02. The Morgan fingerprint density at radius 2 is 1.91 bits per heavy atom. The fraction of sp³-hybridized carbons (Fsp3) is 0.444. The summed E-state index contributed by atoms with van der Waals surface area (Å²) in [5.41, 5.74) is 3.10. The maximum Gasteiger partial charge on any atom is 0.229 e. The Morgan fingerprint density at radius 3 is 2.56 bits per heavy atom. The van der Waals surface area contributed by atoms with Crippen LogP contribution in [-0.2, 0) is 14.3 Å². The molecule has 7 heteroatoms. The molecule has 2 aromatic carbocycles. The molecule has 2 heterocycles. The molecule has 2 aliphatic rings. The van der Waals surface area contributed by atoms with Gasteiger partial charge in [0.15, 0.2) is 0 Å². The van der Waals surface area contributed by atoms with Crippen molar-refractivity contribution in [3.63, 3.8) is 0 Å². The Hall–Kier alpha value is -3.37. The third-order valence-corrected chi connectivity index (χ3v) is 6.83. The number of piperidine rings is 1. The molecule has 1 unspecified atom stereocenters. The quantitative estimate of drug-likeness (QED) is 0.658. The highest BCUT2D eigenvalue weighted by molar-refractivity contribution is 5.93. The maximum atomic E-state index is 12.9. The topological polar surface area (TPSA) is 94.5 Å². The van der Waals surface area contributed by atoms with Gasteiger partial charge >= 0.3 is 0 Å². The van der Waals surface area contributed by atoms with Crippen molar-refractivity contribution >= 4 is 23.2 Å². The van der Waals surface area contributed by atoms with Crippen LogP contribution in [0.3, 0.4) is 0 Å². The first-order valence-corrected chi connectivity index (χ1v) is 12.1. The third-order valence-electron chi connectivity index (χ3n) is 6.83. The van der Waals surface area contributed by atoms with Gasteiger partial charge in [0.25, 0.3) is 0 Å². The third kappa shape index (κ3) is 5.40. The van der Waals surface area contributed by atoms with Crippen LogP contribution in [0, 0.1) is 23.2 Å². The number of nitrogens with one attached hydrogen (secondary N) is 2. The van der Waals surface area contributed by atoms with Crippen LogP contribution in [0.4, 0.5) is 11.4 Å². The number of anilines is 2. The summed E-state index contributed by atoms with van der Waals surface area (Å²) < 4.78 is 5.30. The SMILES string of the molecule is CCNC(=O)C(c1ccccc1)C1CCN(c2ccc(NC(=O)[C@@H]3CCOC3)cc2C#N)CC1. The Kier molecular flexibility index (Phi) is 7.81. The molecule has 2 N–H and O–H groups in total. The number of rotatable bonds is 7. The number of benzene rings is 2. The lowest BCUT2D eigenvalue weighted by Gasteiger charge is -2.37. The molecule has 34 heavy (non-hydrogen) atoms. The smallest absolute Gasteiger partial charge is 0.229 e. The van der Waals surface area contributed by atoms with E-state index in [1.165, 1.54) is 0 Å². The lowest BCUT2D eigenvalue weighted by molar-refractivity contribution is -0.124. The molecule has 178 valence electrons. The van der Waals surface area contributed by atoms with Gasteiger partial charge in [0, 0.05) is 31.9 Å². The Morgan fingerprint density at radius 1 is 1.15 bits per heavy atom. The van der Waals surface area contributed by atoms with E-state index in [9.17, 15) is 14.9 Å². The molecule has 0 radical (unpaired) electrons. The molecule has 0 aromatic heterocycles. The molecule has 2 fully saturated rings. The summed E-state index contributed by atoms with van der Waals surface area (Å²) in [6, 6.07) is 17.8. The van der Waals surface area contributed by atoms with Gasteiger partial charge in [-0.15, -0.1) is 0 Å².